The van der Waals surface area contributed by atoms with Gasteiger partial charge in [0.1, 0.15) is 4.21 Å². The zero-order valence-corrected chi connectivity index (χ0v) is 14.9. The van der Waals surface area contributed by atoms with Crippen molar-refractivity contribution in [1.29, 1.82) is 0 Å². The maximum absolute atomic E-state index is 12.2. The Morgan fingerprint density at radius 1 is 1.38 bits per heavy atom. The van der Waals surface area contributed by atoms with E-state index in [-0.39, 0.29) is 0 Å². The summed E-state index contributed by atoms with van der Waals surface area (Å²) >= 11 is 1.32. The minimum atomic E-state index is -3.43. The van der Waals surface area contributed by atoms with Gasteiger partial charge in [-0.1, -0.05) is 20.8 Å². The van der Waals surface area contributed by atoms with Crippen molar-refractivity contribution in [2.24, 2.45) is 5.92 Å². The molecule has 1 rings (SSSR count). The van der Waals surface area contributed by atoms with Gasteiger partial charge in [-0.2, -0.15) is 0 Å². The summed E-state index contributed by atoms with van der Waals surface area (Å²) in [7, 11) is -3.43. The summed E-state index contributed by atoms with van der Waals surface area (Å²) in [6.45, 7) is 11.0. The maximum atomic E-state index is 12.2. The van der Waals surface area contributed by atoms with Gasteiger partial charge in [-0.05, 0) is 31.0 Å². The molecular formula is C14H26N2O3S2. The second-order valence-electron chi connectivity index (χ2n) is 5.32. The number of aryl methyl sites for hydroxylation is 1. The van der Waals surface area contributed by atoms with E-state index in [1.54, 1.807) is 6.07 Å². The van der Waals surface area contributed by atoms with Crippen molar-refractivity contribution in [2.75, 3.05) is 26.3 Å². The molecule has 0 spiro atoms. The predicted octanol–water partition coefficient (Wildman–Crippen LogP) is 2.12. The molecule has 21 heavy (non-hydrogen) atoms. The molecule has 0 aliphatic rings. The van der Waals surface area contributed by atoms with Crippen LogP contribution in [0.4, 0.5) is 0 Å². The molecule has 1 aromatic heterocycles. The number of nitrogens with one attached hydrogen (secondary N) is 2. The van der Waals surface area contributed by atoms with E-state index in [9.17, 15) is 8.42 Å². The Morgan fingerprint density at radius 3 is 2.71 bits per heavy atom. The van der Waals surface area contributed by atoms with Crippen LogP contribution in [0.5, 0.6) is 0 Å². The first-order valence-corrected chi connectivity index (χ1v) is 9.54. The number of thiophene rings is 1. The predicted molar refractivity (Wildman–Crippen MR) is 87.3 cm³/mol. The molecule has 0 aliphatic heterocycles. The van der Waals surface area contributed by atoms with Crippen LogP contribution < -0.4 is 10.0 Å². The molecule has 7 heteroatoms. The average Bonchev–Trinajstić information content (AvgIpc) is 2.77. The van der Waals surface area contributed by atoms with Crippen molar-refractivity contribution in [3.05, 3.63) is 16.5 Å². The lowest BCUT2D eigenvalue weighted by Gasteiger charge is -2.07. The van der Waals surface area contributed by atoms with Gasteiger partial charge in [0.05, 0.1) is 6.61 Å². The summed E-state index contributed by atoms with van der Waals surface area (Å²) in [6.07, 6.45) is 0. The monoisotopic (exact) mass is 334 g/mol. The summed E-state index contributed by atoms with van der Waals surface area (Å²) in [6, 6.07) is 1.73. The van der Waals surface area contributed by atoms with Gasteiger partial charge in [0, 0.05) is 24.6 Å². The first-order valence-electron chi connectivity index (χ1n) is 7.24. The summed E-state index contributed by atoms with van der Waals surface area (Å²) in [5.41, 5.74) is 1.01. The molecule has 0 atom stereocenters. The highest BCUT2D eigenvalue weighted by Gasteiger charge is 2.18. The van der Waals surface area contributed by atoms with Crippen LogP contribution in [0.25, 0.3) is 0 Å². The molecule has 0 unspecified atom stereocenters. The Morgan fingerprint density at radius 2 is 2.10 bits per heavy atom. The number of hydrogen-bond acceptors (Lipinski definition) is 5. The second kappa shape index (κ2) is 8.85. The van der Waals surface area contributed by atoms with Gasteiger partial charge in [-0.15, -0.1) is 11.3 Å². The maximum Gasteiger partial charge on any atom is 0.250 e. The lowest BCUT2D eigenvalue weighted by Crippen LogP contribution is -2.27. The van der Waals surface area contributed by atoms with Gasteiger partial charge < -0.3 is 10.1 Å². The molecule has 0 aliphatic carbocycles. The Balaban J connectivity index is 2.54. The van der Waals surface area contributed by atoms with Crippen molar-refractivity contribution in [2.45, 2.75) is 38.4 Å². The van der Waals surface area contributed by atoms with E-state index < -0.39 is 10.0 Å². The molecule has 122 valence electrons. The molecular weight excluding hydrogens is 308 g/mol. The van der Waals surface area contributed by atoms with E-state index in [4.69, 9.17) is 4.74 Å². The normalized spacial score (nSPS) is 12.2. The third-order valence-electron chi connectivity index (χ3n) is 2.79. The van der Waals surface area contributed by atoms with Crippen LogP contribution in [0, 0.1) is 12.8 Å². The van der Waals surface area contributed by atoms with Gasteiger partial charge in [-0.3, -0.25) is 0 Å². The number of hydrogen-bond donors (Lipinski definition) is 2. The van der Waals surface area contributed by atoms with Crippen LogP contribution in [0.15, 0.2) is 10.3 Å². The van der Waals surface area contributed by atoms with E-state index >= 15 is 0 Å². The van der Waals surface area contributed by atoms with E-state index in [0.717, 1.165) is 17.0 Å². The first kappa shape index (κ1) is 18.6. The van der Waals surface area contributed by atoms with Crippen LogP contribution in [-0.4, -0.2) is 34.7 Å². The summed E-state index contributed by atoms with van der Waals surface area (Å²) < 4.78 is 32.7. The van der Waals surface area contributed by atoms with E-state index in [1.165, 1.54) is 11.3 Å². The van der Waals surface area contributed by atoms with E-state index in [0.29, 0.717) is 36.4 Å². The van der Waals surface area contributed by atoms with Gasteiger partial charge in [0.25, 0.3) is 0 Å². The standard InChI is InChI=1S/C14H26N2O3S2/c1-5-15-9-13-12(4)8-14(20-13)21(17,18)16-6-7-19-10-11(2)3/h8,11,15-16H,5-7,9-10H2,1-4H3. The van der Waals surface area contributed by atoms with E-state index in [1.807, 2.05) is 13.8 Å². The van der Waals surface area contributed by atoms with Gasteiger partial charge in [0.15, 0.2) is 0 Å². The summed E-state index contributed by atoms with van der Waals surface area (Å²) in [5.74, 6) is 0.454. The summed E-state index contributed by atoms with van der Waals surface area (Å²) in [4.78, 5) is 1.06. The van der Waals surface area contributed by atoms with Gasteiger partial charge in [-0.25, -0.2) is 13.1 Å². The molecule has 0 bridgehead atoms. The van der Waals surface area contributed by atoms with E-state index in [2.05, 4.69) is 23.9 Å². The molecule has 0 fully saturated rings. The number of ether oxygens (including phenoxy) is 1. The molecule has 0 aromatic carbocycles. The zero-order chi connectivity index (χ0) is 15.9. The number of rotatable bonds is 10. The van der Waals surface area contributed by atoms with Crippen LogP contribution >= 0.6 is 11.3 Å². The Hall–Kier alpha value is -0.470. The van der Waals surface area contributed by atoms with Crippen LogP contribution in [0.3, 0.4) is 0 Å². The molecule has 0 saturated carbocycles. The smallest absolute Gasteiger partial charge is 0.250 e. The fraction of sp³-hybridized carbons (Fsp3) is 0.714. The Kier molecular flexibility index (Phi) is 7.83. The minimum Gasteiger partial charge on any atom is -0.380 e. The molecule has 0 radical (unpaired) electrons. The van der Waals surface area contributed by atoms with Crippen LogP contribution in [-0.2, 0) is 21.3 Å². The SMILES string of the molecule is CCNCc1sc(S(=O)(=O)NCCOCC(C)C)cc1C. The third-order valence-corrected chi connectivity index (χ3v) is 5.96. The van der Waals surface area contributed by atoms with Crippen LogP contribution in [0.2, 0.25) is 0 Å². The highest BCUT2D eigenvalue weighted by atomic mass is 32.2. The van der Waals surface area contributed by atoms with Crippen molar-refractivity contribution >= 4 is 21.4 Å². The van der Waals surface area contributed by atoms with Crippen molar-refractivity contribution in [1.82, 2.24) is 10.0 Å². The lowest BCUT2D eigenvalue weighted by atomic mass is 10.2. The Bertz CT molecular complexity index is 524. The fourth-order valence-electron chi connectivity index (χ4n) is 1.67. The van der Waals surface area contributed by atoms with Crippen LogP contribution in [0.1, 0.15) is 31.2 Å². The fourth-order valence-corrected chi connectivity index (χ4v) is 4.29. The van der Waals surface area contributed by atoms with Crippen molar-refractivity contribution < 1.29 is 13.2 Å². The highest BCUT2D eigenvalue weighted by molar-refractivity contribution is 7.91. The third kappa shape index (κ3) is 6.44. The number of sulfonamides is 1. The molecule has 2 N–H and O–H groups in total. The molecule has 1 heterocycles. The minimum absolute atomic E-state index is 0.300. The molecule has 5 nitrogen and oxygen atoms in total. The molecule has 1 aromatic rings. The average molecular weight is 335 g/mol. The van der Waals surface area contributed by atoms with Gasteiger partial charge in [0.2, 0.25) is 10.0 Å². The lowest BCUT2D eigenvalue weighted by molar-refractivity contribution is 0.114. The second-order valence-corrected chi connectivity index (χ2v) is 8.45. The zero-order valence-electron chi connectivity index (χ0n) is 13.2. The topological polar surface area (TPSA) is 67.4 Å². The highest BCUT2D eigenvalue weighted by Crippen LogP contribution is 2.25. The molecule has 0 amide bonds. The van der Waals surface area contributed by atoms with Crippen molar-refractivity contribution in [3.63, 3.8) is 0 Å². The first-order chi connectivity index (χ1) is 9.86. The largest absolute Gasteiger partial charge is 0.380 e. The van der Waals surface area contributed by atoms with Gasteiger partial charge >= 0.3 is 0 Å². The quantitative estimate of drug-likeness (QED) is 0.643. The molecule has 0 saturated heterocycles. The summed E-state index contributed by atoms with van der Waals surface area (Å²) in [5, 5.41) is 3.22. The Labute approximate surface area is 132 Å². The van der Waals surface area contributed by atoms with Crippen molar-refractivity contribution in [3.8, 4) is 0 Å².